The van der Waals surface area contributed by atoms with Crippen LogP contribution in [0.25, 0.3) is 0 Å². The fourth-order valence-corrected chi connectivity index (χ4v) is 2.49. The molecule has 1 aromatic carbocycles. The summed E-state index contributed by atoms with van der Waals surface area (Å²) in [6, 6.07) is 7.60. The number of nitrogen functional groups attached to an aromatic ring is 1. The van der Waals surface area contributed by atoms with Gasteiger partial charge in [0.25, 0.3) is 0 Å². The number of hydrogen-bond acceptors (Lipinski definition) is 5. The standard InChI is InChI=1S/C18H29N3O3/c1-18(2,3)24-17(22)21(9-8-20-10-12-23-13-11-20)14-15-4-6-16(19)7-5-15/h4-7H,8-14,19H2,1-3H3. The van der Waals surface area contributed by atoms with E-state index >= 15 is 0 Å². The SMILES string of the molecule is CC(C)(C)OC(=O)N(CCN1CCOCC1)Cc1ccc(N)cc1. The average Bonchev–Trinajstić information content (AvgIpc) is 2.52. The number of rotatable bonds is 5. The zero-order chi connectivity index (χ0) is 17.6. The summed E-state index contributed by atoms with van der Waals surface area (Å²) in [6.07, 6.45) is -0.285. The van der Waals surface area contributed by atoms with Gasteiger partial charge in [0, 0.05) is 38.4 Å². The third-order valence-corrected chi connectivity index (χ3v) is 3.79. The quantitative estimate of drug-likeness (QED) is 0.837. The third kappa shape index (κ3) is 6.37. The van der Waals surface area contributed by atoms with Crippen LogP contribution in [0.15, 0.2) is 24.3 Å². The van der Waals surface area contributed by atoms with Crippen molar-refractivity contribution >= 4 is 11.8 Å². The van der Waals surface area contributed by atoms with E-state index in [1.807, 2.05) is 45.0 Å². The Kier molecular flexibility index (Phi) is 6.45. The highest BCUT2D eigenvalue weighted by molar-refractivity contribution is 5.68. The van der Waals surface area contributed by atoms with E-state index in [1.165, 1.54) is 0 Å². The molecule has 1 fully saturated rings. The second-order valence-corrected chi connectivity index (χ2v) is 7.10. The molecule has 2 rings (SSSR count). The predicted molar refractivity (Wildman–Crippen MR) is 94.8 cm³/mol. The molecule has 24 heavy (non-hydrogen) atoms. The molecule has 6 nitrogen and oxygen atoms in total. The van der Waals surface area contributed by atoms with Gasteiger partial charge in [-0.25, -0.2) is 4.79 Å². The fourth-order valence-electron chi connectivity index (χ4n) is 2.49. The van der Waals surface area contributed by atoms with Gasteiger partial charge >= 0.3 is 6.09 Å². The zero-order valence-electron chi connectivity index (χ0n) is 15.0. The Balaban J connectivity index is 1.99. The number of ether oxygens (including phenoxy) is 2. The molecule has 0 spiro atoms. The Labute approximate surface area is 144 Å². The number of nitrogens with zero attached hydrogens (tertiary/aromatic N) is 2. The number of morpholine rings is 1. The van der Waals surface area contributed by atoms with Crippen molar-refractivity contribution in [1.82, 2.24) is 9.80 Å². The molecule has 2 N–H and O–H groups in total. The third-order valence-electron chi connectivity index (χ3n) is 3.79. The Morgan fingerprint density at radius 3 is 2.46 bits per heavy atom. The van der Waals surface area contributed by atoms with Gasteiger partial charge in [-0.2, -0.15) is 0 Å². The van der Waals surface area contributed by atoms with Crippen molar-refractivity contribution < 1.29 is 14.3 Å². The lowest BCUT2D eigenvalue weighted by atomic mass is 10.2. The number of nitrogens with two attached hydrogens (primary N) is 1. The Morgan fingerprint density at radius 2 is 1.88 bits per heavy atom. The highest BCUT2D eigenvalue weighted by Crippen LogP contribution is 2.14. The summed E-state index contributed by atoms with van der Waals surface area (Å²) in [5.74, 6) is 0. The molecule has 0 radical (unpaired) electrons. The van der Waals surface area contributed by atoms with E-state index < -0.39 is 5.60 Å². The molecule has 6 heteroatoms. The zero-order valence-corrected chi connectivity index (χ0v) is 15.0. The number of benzene rings is 1. The van der Waals surface area contributed by atoms with Crippen molar-refractivity contribution in [3.05, 3.63) is 29.8 Å². The molecule has 1 aromatic rings. The lowest BCUT2D eigenvalue weighted by Gasteiger charge is -2.31. The summed E-state index contributed by atoms with van der Waals surface area (Å²) in [6.45, 7) is 10.9. The van der Waals surface area contributed by atoms with E-state index in [-0.39, 0.29) is 6.09 Å². The molecule has 0 atom stereocenters. The summed E-state index contributed by atoms with van der Waals surface area (Å²) in [4.78, 5) is 16.6. The maximum absolute atomic E-state index is 12.5. The number of hydrogen-bond donors (Lipinski definition) is 1. The van der Waals surface area contributed by atoms with Crippen molar-refractivity contribution in [2.75, 3.05) is 45.1 Å². The first-order valence-corrected chi connectivity index (χ1v) is 8.46. The molecule has 1 saturated heterocycles. The van der Waals surface area contributed by atoms with Crippen molar-refractivity contribution in [2.24, 2.45) is 0 Å². The number of amides is 1. The van der Waals surface area contributed by atoms with Gasteiger partial charge in [0.05, 0.1) is 13.2 Å². The van der Waals surface area contributed by atoms with Crippen LogP contribution in [-0.2, 0) is 16.0 Å². The van der Waals surface area contributed by atoms with Gasteiger partial charge in [-0.1, -0.05) is 12.1 Å². The van der Waals surface area contributed by atoms with Crippen LogP contribution in [-0.4, -0.2) is 60.9 Å². The lowest BCUT2D eigenvalue weighted by Crippen LogP contribution is -2.44. The van der Waals surface area contributed by atoms with Crippen molar-refractivity contribution in [3.63, 3.8) is 0 Å². The molecule has 1 aliphatic rings. The first-order chi connectivity index (χ1) is 11.3. The number of anilines is 1. The minimum Gasteiger partial charge on any atom is -0.444 e. The van der Waals surface area contributed by atoms with Crippen LogP contribution in [0.2, 0.25) is 0 Å². The lowest BCUT2D eigenvalue weighted by molar-refractivity contribution is 0.0129. The molecule has 0 bridgehead atoms. The molecular formula is C18H29N3O3. The number of carbonyl (C=O) groups excluding carboxylic acids is 1. The molecule has 1 heterocycles. The van der Waals surface area contributed by atoms with Gasteiger partial charge in [0.2, 0.25) is 0 Å². The molecule has 0 aliphatic carbocycles. The van der Waals surface area contributed by atoms with Gasteiger partial charge in [-0.15, -0.1) is 0 Å². The van der Waals surface area contributed by atoms with E-state index in [9.17, 15) is 4.79 Å². The minimum atomic E-state index is -0.505. The molecule has 134 valence electrons. The van der Waals surface area contributed by atoms with E-state index in [1.54, 1.807) is 4.90 Å². The fraction of sp³-hybridized carbons (Fsp3) is 0.611. The van der Waals surface area contributed by atoms with E-state index in [0.717, 1.165) is 44.1 Å². The van der Waals surface area contributed by atoms with Crippen molar-refractivity contribution in [2.45, 2.75) is 32.9 Å². The van der Waals surface area contributed by atoms with Gasteiger partial charge in [0.1, 0.15) is 5.60 Å². The monoisotopic (exact) mass is 335 g/mol. The largest absolute Gasteiger partial charge is 0.444 e. The summed E-state index contributed by atoms with van der Waals surface area (Å²) in [5, 5.41) is 0. The second kappa shape index (κ2) is 8.35. The first kappa shape index (κ1) is 18.5. The normalized spacial score (nSPS) is 16.0. The highest BCUT2D eigenvalue weighted by atomic mass is 16.6. The Morgan fingerprint density at radius 1 is 1.25 bits per heavy atom. The minimum absolute atomic E-state index is 0.285. The van der Waals surface area contributed by atoms with Gasteiger partial charge in [0.15, 0.2) is 0 Å². The maximum atomic E-state index is 12.5. The predicted octanol–water partition coefficient (Wildman–Crippen LogP) is 2.34. The molecule has 0 saturated carbocycles. The molecule has 0 unspecified atom stereocenters. The Bertz CT molecular complexity index is 519. The van der Waals surface area contributed by atoms with E-state index in [2.05, 4.69) is 4.90 Å². The molecule has 1 aliphatic heterocycles. The van der Waals surface area contributed by atoms with Gasteiger partial charge in [-0.05, 0) is 38.5 Å². The van der Waals surface area contributed by atoms with Crippen LogP contribution in [0.1, 0.15) is 26.3 Å². The van der Waals surface area contributed by atoms with Crippen LogP contribution < -0.4 is 5.73 Å². The average molecular weight is 335 g/mol. The Hall–Kier alpha value is -1.79. The smallest absolute Gasteiger partial charge is 0.410 e. The van der Waals surface area contributed by atoms with Crippen LogP contribution in [0, 0.1) is 0 Å². The molecule has 0 aromatic heterocycles. The van der Waals surface area contributed by atoms with Crippen LogP contribution in [0.5, 0.6) is 0 Å². The maximum Gasteiger partial charge on any atom is 0.410 e. The van der Waals surface area contributed by atoms with Crippen molar-refractivity contribution in [1.29, 1.82) is 0 Å². The van der Waals surface area contributed by atoms with E-state index in [0.29, 0.717) is 13.1 Å². The van der Waals surface area contributed by atoms with Gasteiger partial charge < -0.3 is 20.1 Å². The van der Waals surface area contributed by atoms with E-state index in [4.69, 9.17) is 15.2 Å². The summed E-state index contributed by atoms with van der Waals surface area (Å²) in [5.41, 5.74) is 6.99. The molecule has 1 amide bonds. The van der Waals surface area contributed by atoms with Gasteiger partial charge in [-0.3, -0.25) is 4.90 Å². The first-order valence-electron chi connectivity index (χ1n) is 8.46. The van der Waals surface area contributed by atoms with Crippen molar-refractivity contribution in [3.8, 4) is 0 Å². The topological polar surface area (TPSA) is 68.0 Å². The molecular weight excluding hydrogens is 306 g/mol. The summed E-state index contributed by atoms with van der Waals surface area (Å²) < 4.78 is 10.9. The summed E-state index contributed by atoms with van der Waals surface area (Å²) in [7, 11) is 0. The second-order valence-electron chi connectivity index (χ2n) is 7.10. The highest BCUT2D eigenvalue weighted by Gasteiger charge is 2.23. The van der Waals surface area contributed by atoms with Crippen LogP contribution in [0.3, 0.4) is 0 Å². The van der Waals surface area contributed by atoms with Crippen LogP contribution in [0.4, 0.5) is 10.5 Å². The van der Waals surface area contributed by atoms with Crippen LogP contribution >= 0.6 is 0 Å². The number of carbonyl (C=O) groups is 1. The summed E-state index contributed by atoms with van der Waals surface area (Å²) >= 11 is 0.